The normalized spacial score (nSPS) is 10.8. The second kappa shape index (κ2) is 7.40. The van der Waals surface area contributed by atoms with E-state index in [0.717, 1.165) is 6.07 Å². The van der Waals surface area contributed by atoms with Crippen LogP contribution in [0.4, 0.5) is 20.2 Å². The fraction of sp³-hybridized carbons (Fsp3) is 0.111. The highest BCUT2D eigenvalue weighted by molar-refractivity contribution is 14.1. The highest BCUT2D eigenvalue weighted by atomic mass is 127. The van der Waals surface area contributed by atoms with E-state index in [0.29, 0.717) is 3.57 Å². The van der Waals surface area contributed by atoms with Gasteiger partial charge in [-0.2, -0.15) is 0 Å². The Hall–Kier alpha value is -2.49. The Morgan fingerprint density at radius 1 is 1.15 bits per heavy atom. The number of hydrogen-bond acceptors (Lipinski definition) is 3. The molecule has 26 heavy (non-hydrogen) atoms. The summed E-state index contributed by atoms with van der Waals surface area (Å²) in [6, 6.07) is 8.13. The topological polar surface area (TPSA) is 63.1 Å². The van der Waals surface area contributed by atoms with Crippen LogP contribution in [0.5, 0.6) is 0 Å². The Balaban J connectivity index is 2.18. The summed E-state index contributed by atoms with van der Waals surface area (Å²) >= 11 is 1.98. The van der Waals surface area contributed by atoms with Crippen molar-refractivity contribution < 1.29 is 13.6 Å². The van der Waals surface area contributed by atoms with Crippen LogP contribution in [0.1, 0.15) is 0 Å². The average molecular weight is 469 g/mol. The monoisotopic (exact) mass is 469 g/mol. The Morgan fingerprint density at radius 3 is 2.62 bits per heavy atom. The zero-order valence-electron chi connectivity index (χ0n) is 13.6. The van der Waals surface area contributed by atoms with Crippen molar-refractivity contribution in [3.8, 4) is 0 Å². The van der Waals surface area contributed by atoms with Gasteiger partial charge < -0.3 is 15.2 Å². The number of carbonyl (C=O) groups is 1. The Labute approximate surface area is 161 Å². The molecule has 0 saturated heterocycles. The molecule has 2 aromatic carbocycles. The molecule has 0 spiro atoms. The van der Waals surface area contributed by atoms with E-state index in [-0.39, 0.29) is 40.2 Å². The smallest absolute Gasteiger partial charge is 0.239 e. The minimum absolute atomic E-state index is 0.0753. The standard InChI is InChI=1S/C18H14F2IN3O2/c1-22-17(26)9-24-5-4-16(25)18-14(6-10(19)7-15(18)24)23-13-3-2-11(21)8-12(13)20/h2-8,23H,9H2,1H3,(H,22,26). The summed E-state index contributed by atoms with van der Waals surface area (Å²) in [4.78, 5) is 24.1. The summed E-state index contributed by atoms with van der Waals surface area (Å²) in [5.74, 6) is -1.42. The summed E-state index contributed by atoms with van der Waals surface area (Å²) in [7, 11) is 1.49. The first-order valence-corrected chi connectivity index (χ1v) is 8.72. The number of nitrogens with one attached hydrogen (secondary N) is 2. The number of likely N-dealkylation sites (N-methyl/N-ethyl adjacent to an activating group) is 1. The van der Waals surface area contributed by atoms with E-state index in [9.17, 15) is 18.4 Å². The van der Waals surface area contributed by atoms with Gasteiger partial charge in [0, 0.05) is 22.9 Å². The second-order valence-corrected chi connectivity index (χ2v) is 6.82. The zero-order chi connectivity index (χ0) is 18.8. The first-order chi connectivity index (χ1) is 12.4. The van der Waals surface area contributed by atoms with Gasteiger partial charge in [0.25, 0.3) is 0 Å². The molecule has 0 bridgehead atoms. The number of anilines is 2. The number of nitrogens with zero attached hydrogens (tertiary/aromatic N) is 1. The van der Waals surface area contributed by atoms with Crippen molar-refractivity contribution in [2.75, 3.05) is 12.4 Å². The maximum Gasteiger partial charge on any atom is 0.239 e. The quantitative estimate of drug-likeness (QED) is 0.577. The molecule has 0 saturated carbocycles. The van der Waals surface area contributed by atoms with Gasteiger partial charge in [0.1, 0.15) is 18.2 Å². The number of pyridine rings is 1. The third-order valence-electron chi connectivity index (χ3n) is 3.84. The van der Waals surface area contributed by atoms with Crippen LogP contribution in [-0.4, -0.2) is 17.5 Å². The molecular formula is C18H14F2IN3O2. The van der Waals surface area contributed by atoms with Gasteiger partial charge in [-0.15, -0.1) is 0 Å². The highest BCUT2D eigenvalue weighted by Crippen LogP contribution is 2.27. The minimum Gasteiger partial charge on any atom is -0.358 e. The molecule has 0 aliphatic carbocycles. The molecule has 1 heterocycles. The van der Waals surface area contributed by atoms with Crippen LogP contribution in [-0.2, 0) is 11.3 Å². The first-order valence-electron chi connectivity index (χ1n) is 7.64. The molecule has 0 aliphatic rings. The molecule has 0 unspecified atom stereocenters. The molecule has 0 radical (unpaired) electrons. The average Bonchev–Trinajstić information content (AvgIpc) is 2.59. The van der Waals surface area contributed by atoms with Gasteiger partial charge in [-0.25, -0.2) is 8.78 Å². The van der Waals surface area contributed by atoms with E-state index in [1.54, 1.807) is 6.07 Å². The summed E-state index contributed by atoms with van der Waals surface area (Å²) in [5, 5.41) is 5.44. The third-order valence-corrected chi connectivity index (χ3v) is 4.51. The van der Waals surface area contributed by atoms with E-state index in [2.05, 4.69) is 10.6 Å². The number of hydrogen-bond donors (Lipinski definition) is 2. The summed E-state index contributed by atoms with van der Waals surface area (Å²) in [6.45, 7) is -0.0753. The molecule has 0 fully saturated rings. The van der Waals surface area contributed by atoms with Crippen molar-refractivity contribution in [3.63, 3.8) is 0 Å². The fourth-order valence-corrected chi connectivity index (χ4v) is 3.06. The predicted octanol–water partition coefficient (Wildman–Crippen LogP) is 3.37. The lowest BCUT2D eigenvalue weighted by molar-refractivity contribution is -0.121. The van der Waals surface area contributed by atoms with Gasteiger partial charge in [-0.05, 0) is 52.9 Å². The maximum atomic E-state index is 14.1. The molecular weight excluding hydrogens is 455 g/mol. The summed E-state index contributed by atoms with van der Waals surface area (Å²) in [5.41, 5.74) is 0.144. The van der Waals surface area contributed by atoms with Crippen LogP contribution in [0.3, 0.4) is 0 Å². The zero-order valence-corrected chi connectivity index (χ0v) is 15.8. The molecule has 134 valence electrons. The molecule has 0 atom stereocenters. The van der Waals surface area contributed by atoms with Gasteiger partial charge in [-0.3, -0.25) is 9.59 Å². The van der Waals surface area contributed by atoms with E-state index < -0.39 is 11.6 Å². The number of halogens is 3. The van der Waals surface area contributed by atoms with Gasteiger partial charge in [0.15, 0.2) is 5.43 Å². The van der Waals surface area contributed by atoms with Crippen molar-refractivity contribution in [2.45, 2.75) is 6.54 Å². The largest absolute Gasteiger partial charge is 0.358 e. The van der Waals surface area contributed by atoms with Crippen LogP contribution in [0.15, 0.2) is 47.4 Å². The van der Waals surface area contributed by atoms with Crippen molar-refractivity contribution in [1.82, 2.24) is 9.88 Å². The molecule has 8 heteroatoms. The lowest BCUT2D eigenvalue weighted by Crippen LogP contribution is -2.24. The van der Waals surface area contributed by atoms with E-state index >= 15 is 0 Å². The number of benzene rings is 2. The summed E-state index contributed by atoms with van der Waals surface area (Å²) < 4.78 is 30.5. The minimum atomic E-state index is -0.609. The molecule has 3 rings (SSSR count). The van der Waals surface area contributed by atoms with Crippen molar-refractivity contribution in [1.29, 1.82) is 0 Å². The van der Waals surface area contributed by atoms with Crippen molar-refractivity contribution >= 4 is 50.8 Å². The number of rotatable bonds is 4. The number of fused-ring (bicyclic) bond motifs is 1. The SMILES string of the molecule is CNC(=O)Cn1ccc(=O)c2c(Nc3ccc(I)cc3F)cc(F)cc21. The van der Waals surface area contributed by atoms with Gasteiger partial charge in [0.05, 0.1) is 22.3 Å². The van der Waals surface area contributed by atoms with Crippen LogP contribution >= 0.6 is 22.6 Å². The molecule has 5 nitrogen and oxygen atoms in total. The van der Waals surface area contributed by atoms with E-state index in [4.69, 9.17) is 0 Å². The van der Waals surface area contributed by atoms with E-state index in [1.807, 2.05) is 22.6 Å². The Morgan fingerprint density at radius 2 is 1.92 bits per heavy atom. The highest BCUT2D eigenvalue weighted by Gasteiger charge is 2.14. The number of amides is 1. The van der Waals surface area contributed by atoms with Crippen LogP contribution in [0.25, 0.3) is 10.9 Å². The van der Waals surface area contributed by atoms with Crippen LogP contribution in [0.2, 0.25) is 0 Å². The van der Waals surface area contributed by atoms with Gasteiger partial charge >= 0.3 is 0 Å². The fourth-order valence-electron chi connectivity index (χ4n) is 2.61. The van der Waals surface area contributed by atoms with Crippen LogP contribution in [0, 0.1) is 15.2 Å². The molecule has 1 aromatic heterocycles. The lowest BCUT2D eigenvalue weighted by Gasteiger charge is -2.14. The number of carbonyl (C=O) groups excluding carboxylic acids is 1. The van der Waals surface area contributed by atoms with Gasteiger partial charge in [-0.1, -0.05) is 0 Å². The Bertz CT molecular complexity index is 1070. The van der Waals surface area contributed by atoms with Crippen molar-refractivity contribution in [2.24, 2.45) is 0 Å². The van der Waals surface area contributed by atoms with E-state index in [1.165, 1.54) is 42.1 Å². The second-order valence-electron chi connectivity index (χ2n) is 5.58. The first kappa shape index (κ1) is 18.3. The van der Waals surface area contributed by atoms with Crippen LogP contribution < -0.4 is 16.1 Å². The maximum absolute atomic E-state index is 14.1. The molecule has 1 amide bonds. The molecule has 2 N–H and O–H groups in total. The predicted molar refractivity (Wildman–Crippen MR) is 105 cm³/mol. The Kier molecular flexibility index (Phi) is 5.21. The third kappa shape index (κ3) is 3.69. The van der Waals surface area contributed by atoms with Crippen molar-refractivity contribution in [3.05, 3.63) is 68.0 Å². The lowest BCUT2D eigenvalue weighted by atomic mass is 10.1. The molecule has 0 aliphatic heterocycles. The van der Waals surface area contributed by atoms with Gasteiger partial charge in [0.2, 0.25) is 5.91 Å². The number of aromatic nitrogens is 1. The molecule has 3 aromatic rings. The summed E-state index contributed by atoms with van der Waals surface area (Å²) in [6.07, 6.45) is 1.43.